The maximum absolute atomic E-state index is 6.11. The highest BCUT2D eigenvalue weighted by Gasteiger charge is 2.44. The monoisotopic (exact) mass is 211 g/mol. The lowest BCUT2D eigenvalue weighted by atomic mass is 9.75. The maximum atomic E-state index is 6.11. The zero-order chi connectivity index (χ0) is 10.9. The molecule has 88 valence electrons. The Morgan fingerprint density at radius 3 is 2.53 bits per heavy atom. The molecule has 0 amide bonds. The molecule has 0 aromatic carbocycles. The van der Waals surface area contributed by atoms with Gasteiger partial charge in [-0.25, -0.2) is 0 Å². The number of ether oxygens (including phenoxy) is 1. The van der Waals surface area contributed by atoms with Crippen LogP contribution in [0.15, 0.2) is 0 Å². The molecule has 1 atom stereocenters. The lowest BCUT2D eigenvalue weighted by Gasteiger charge is -2.52. The van der Waals surface area contributed by atoms with E-state index in [1.807, 2.05) is 0 Å². The van der Waals surface area contributed by atoms with Gasteiger partial charge in [-0.05, 0) is 52.5 Å². The topological polar surface area (TPSA) is 12.5 Å². The third-order valence-electron chi connectivity index (χ3n) is 4.26. The van der Waals surface area contributed by atoms with E-state index in [-0.39, 0.29) is 5.60 Å². The average molecular weight is 211 g/mol. The van der Waals surface area contributed by atoms with Crippen molar-refractivity contribution in [3.05, 3.63) is 0 Å². The highest BCUT2D eigenvalue weighted by molar-refractivity contribution is 4.99. The number of hydrogen-bond donors (Lipinski definition) is 0. The van der Waals surface area contributed by atoms with Crippen molar-refractivity contribution < 1.29 is 4.74 Å². The first kappa shape index (κ1) is 11.4. The van der Waals surface area contributed by atoms with E-state index in [1.54, 1.807) is 0 Å². The van der Waals surface area contributed by atoms with Crippen molar-refractivity contribution in [1.29, 1.82) is 0 Å². The van der Waals surface area contributed by atoms with Gasteiger partial charge in [0.1, 0.15) is 0 Å². The fourth-order valence-electron chi connectivity index (χ4n) is 3.46. The number of nitrogens with zero attached hydrogens (tertiary/aromatic N) is 1. The first-order valence-electron chi connectivity index (χ1n) is 6.47. The van der Waals surface area contributed by atoms with Gasteiger partial charge in [0, 0.05) is 18.7 Å². The third kappa shape index (κ3) is 2.21. The molecule has 0 N–H and O–H groups in total. The van der Waals surface area contributed by atoms with E-state index in [0.717, 1.165) is 6.61 Å². The Bertz CT molecular complexity index is 219. The summed E-state index contributed by atoms with van der Waals surface area (Å²) in [5, 5.41) is 0. The van der Waals surface area contributed by atoms with E-state index in [9.17, 15) is 0 Å². The highest BCUT2D eigenvalue weighted by atomic mass is 16.5. The number of hydrogen-bond acceptors (Lipinski definition) is 2. The van der Waals surface area contributed by atoms with Gasteiger partial charge in [-0.3, -0.25) is 4.90 Å². The molecule has 0 aliphatic carbocycles. The van der Waals surface area contributed by atoms with Crippen molar-refractivity contribution in [2.75, 3.05) is 19.7 Å². The van der Waals surface area contributed by atoms with Gasteiger partial charge in [0.25, 0.3) is 0 Å². The van der Waals surface area contributed by atoms with Crippen LogP contribution in [0.3, 0.4) is 0 Å². The zero-order valence-electron chi connectivity index (χ0n) is 10.5. The molecule has 0 saturated carbocycles. The van der Waals surface area contributed by atoms with Crippen LogP contribution in [0.5, 0.6) is 0 Å². The largest absolute Gasteiger partial charge is 0.375 e. The maximum Gasteiger partial charge on any atom is 0.0712 e. The Balaban J connectivity index is 2.06. The van der Waals surface area contributed by atoms with Gasteiger partial charge in [0.05, 0.1) is 5.60 Å². The van der Waals surface area contributed by atoms with E-state index in [0.29, 0.717) is 5.54 Å². The van der Waals surface area contributed by atoms with Gasteiger partial charge in [-0.1, -0.05) is 6.92 Å². The quantitative estimate of drug-likeness (QED) is 0.661. The summed E-state index contributed by atoms with van der Waals surface area (Å²) >= 11 is 0. The second-order valence-electron chi connectivity index (χ2n) is 5.81. The van der Waals surface area contributed by atoms with E-state index >= 15 is 0 Å². The van der Waals surface area contributed by atoms with Crippen LogP contribution in [0, 0.1) is 0 Å². The number of piperidine rings is 1. The lowest BCUT2D eigenvalue weighted by Crippen LogP contribution is -2.57. The smallest absolute Gasteiger partial charge is 0.0712 e. The first-order valence-corrected chi connectivity index (χ1v) is 6.47. The van der Waals surface area contributed by atoms with Gasteiger partial charge >= 0.3 is 0 Å². The van der Waals surface area contributed by atoms with Crippen LogP contribution in [0.25, 0.3) is 0 Å². The number of likely N-dealkylation sites (tertiary alicyclic amines) is 1. The molecule has 2 aliphatic rings. The van der Waals surface area contributed by atoms with Crippen LogP contribution in [0.1, 0.15) is 52.9 Å². The van der Waals surface area contributed by atoms with E-state index in [2.05, 4.69) is 25.7 Å². The summed E-state index contributed by atoms with van der Waals surface area (Å²) in [5.74, 6) is 0. The summed E-state index contributed by atoms with van der Waals surface area (Å²) in [5.41, 5.74) is 0.553. The Morgan fingerprint density at radius 2 is 2.00 bits per heavy atom. The minimum absolute atomic E-state index is 0.230. The van der Waals surface area contributed by atoms with Gasteiger partial charge in [-0.2, -0.15) is 0 Å². The number of rotatable bonds is 1. The van der Waals surface area contributed by atoms with Crippen molar-refractivity contribution in [3.8, 4) is 0 Å². The van der Waals surface area contributed by atoms with Crippen LogP contribution < -0.4 is 0 Å². The van der Waals surface area contributed by atoms with Crippen LogP contribution >= 0.6 is 0 Å². The predicted octanol–water partition coefficient (Wildman–Crippen LogP) is 2.82. The predicted molar refractivity (Wildman–Crippen MR) is 63.1 cm³/mol. The second kappa shape index (κ2) is 4.06. The molecular formula is C13H25NO. The van der Waals surface area contributed by atoms with Crippen molar-refractivity contribution in [3.63, 3.8) is 0 Å². The van der Waals surface area contributed by atoms with Gasteiger partial charge in [0.2, 0.25) is 0 Å². The Morgan fingerprint density at radius 1 is 1.20 bits per heavy atom. The Kier molecular flexibility index (Phi) is 3.09. The first-order chi connectivity index (χ1) is 7.08. The fourth-order valence-corrected chi connectivity index (χ4v) is 3.46. The van der Waals surface area contributed by atoms with Crippen molar-refractivity contribution in [2.45, 2.75) is 64.0 Å². The Labute approximate surface area is 94.0 Å². The van der Waals surface area contributed by atoms with Gasteiger partial charge in [-0.15, -0.1) is 0 Å². The molecule has 1 spiro atoms. The van der Waals surface area contributed by atoms with Crippen molar-refractivity contribution in [1.82, 2.24) is 4.90 Å². The normalized spacial score (nSPS) is 37.0. The van der Waals surface area contributed by atoms with Crippen LogP contribution in [-0.2, 0) is 4.74 Å². The van der Waals surface area contributed by atoms with Crippen molar-refractivity contribution in [2.24, 2.45) is 0 Å². The Hall–Kier alpha value is -0.0800. The minimum Gasteiger partial charge on any atom is -0.375 e. The van der Waals surface area contributed by atoms with Gasteiger partial charge in [0.15, 0.2) is 0 Å². The summed E-state index contributed by atoms with van der Waals surface area (Å²) < 4.78 is 6.11. The standard InChI is InChI=1S/C13H25NO/c1-4-14-9-8-13(11-12(14,2)3)7-5-6-10-15-13/h4-11H2,1-3H3. The minimum atomic E-state index is 0.230. The molecule has 2 heterocycles. The second-order valence-corrected chi connectivity index (χ2v) is 5.81. The lowest BCUT2D eigenvalue weighted by molar-refractivity contribution is -0.140. The third-order valence-corrected chi connectivity index (χ3v) is 4.26. The van der Waals surface area contributed by atoms with Crippen LogP contribution in [0.4, 0.5) is 0 Å². The molecular weight excluding hydrogens is 186 g/mol. The summed E-state index contributed by atoms with van der Waals surface area (Å²) in [6.45, 7) is 10.4. The molecule has 15 heavy (non-hydrogen) atoms. The molecule has 0 aromatic heterocycles. The molecule has 0 radical (unpaired) electrons. The van der Waals surface area contributed by atoms with Gasteiger partial charge < -0.3 is 4.74 Å². The van der Waals surface area contributed by atoms with Crippen LogP contribution in [-0.4, -0.2) is 35.7 Å². The average Bonchev–Trinajstić information content (AvgIpc) is 2.17. The highest BCUT2D eigenvalue weighted by Crippen LogP contribution is 2.41. The SMILES string of the molecule is CCN1CCC2(CCCCO2)CC1(C)C. The summed E-state index contributed by atoms with van der Waals surface area (Å²) in [7, 11) is 0. The summed E-state index contributed by atoms with van der Waals surface area (Å²) in [6.07, 6.45) is 6.37. The fraction of sp³-hybridized carbons (Fsp3) is 1.00. The van der Waals surface area contributed by atoms with E-state index in [1.165, 1.54) is 45.2 Å². The molecule has 2 saturated heterocycles. The summed E-state index contributed by atoms with van der Waals surface area (Å²) in [4.78, 5) is 2.59. The van der Waals surface area contributed by atoms with E-state index in [4.69, 9.17) is 4.74 Å². The molecule has 0 bridgehead atoms. The molecule has 2 nitrogen and oxygen atoms in total. The zero-order valence-corrected chi connectivity index (χ0v) is 10.5. The molecule has 0 aromatic rings. The molecule has 2 heteroatoms. The molecule has 2 aliphatic heterocycles. The molecule has 1 unspecified atom stereocenters. The van der Waals surface area contributed by atoms with Crippen LogP contribution in [0.2, 0.25) is 0 Å². The van der Waals surface area contributed by atoms with Crippen molar-refractivity contribution >= 4 is 0 Å². The van der Waals surface area contributed by atoms with E-state index < -0.39 is 0 Å². The molecule has 2 rings (SSSR count). The molecule has 2 fully saturated rings. The summed E-state index contributed by atoms with van der Waals surface area (Å²) in [6, 6.07) is 0.